The second-order valence-electron chi connectivity index (χ2n) is 5.17. The van der Waals surface area contributed by atoms with Crippen LogP contribution >= 0.6 is 0 Å². The zero-order valence-corrected chi connectivity index (χ0v) is 12.8. The van der Waals surface area contributed by atoms with E-state index in [2.05, 4.69) is 0 Å². The van der Waals surface area contributed by atoms with E-state index in [-0.39, 0.29) is 33.8 Å². The van der Waals surface area contributed by atoms with E-state index in [9.17, 15) is 19.8 Å². The molecule has 6 heteroatoms. The predicted molar refractivity (Wildman–Crippen MR) is 80.9 cm³/mol. The molecular formula is C17H14O6. The lowest BCUT2D eigenvalue weighted by Gasteiger charge is -2.22. The molecule has 0 fully saturated rings. The van der Waals surface area contributed by atoms with Crippen LogP contribution in [0, 0.1) is 6.92 Å². The van der Waals surface area contributed by atoms with Gasteiger partial charge in [-0.05, 0) is 25.1 Å². The summed E-state index contributed by atoms with van der Waals surface area (Å²) < 4.78 is 10.1. The molecule has 0 amide bonds. The lowest BCUT2D eigenvalue weighted by molar-refractivity contribution is 0.0973. The maximum Gasteiger partial charge on any atom is 0.202 e. The number of ketones is 2. The number of methoxy groups -OCH3 is 2. The molecule has 2 N–H and O–H groups in total. The SMILES string of the molecule is COc1cc2c(c(O)c1C)C(=O)c1c(ccc(OC)c1O)C2=O. The molecule has 0 aromatic heterocycles. The highest BCUT2D eigenvalue weighted by Crippen LogP contribution is 2.43. The Morgan fingerprint density at radius 3 is 2.04 bits per heavy atom. The highest BCUT2D eigenvalue weighted by atomic mass is 16.5. The third kappa shape index (κ3) is 1.88. The minimum atomic E-state index is -0.630. The smallest absolute Gasteiger partial charge is 0.202 e. The Bertz CT molecular complexity index is 866. The molecule has 0 spiro atoms. The fraction of sp³-hybridized carbons (Fsp3) is 0.176. The molecule has 0 atom stereocenters. The average Bonchev–Trinajstić information content (AvgIpc) is 2.54. The van der Waals surface area contributed by atoms with E-state index in [1.807, 2.05) is 0 Å². The fourth-order valence-corrected chi connectivity index (χ4v) is 2.79. The van der Waals surface area contributed by atoms with Gasteiger partial charge in [0.15, 0.2) is 17.3 Å². The van der Waals surface area contributed by atoms with Gasteiger partial charge in [-0.2, -0.15) is 0 Å². The first kappa shape index (κ1) is 14.9. The molecular weight excluding hydrogens is 300 g/mol. The number of phenolic OH excluding ortho intramolecular Hbond substituents is 2. The molecule has 0 aliphatic heterocycles. The average molecular weight is 314 g/mol. The van der Waals surface area contributed by atoms with Gasteiger partial charge < -0.3 is 19.7 Å². The molecule has 2 aromatic carbocycles. The summed E-state index contributed by atoms with van der Waals surface area (Å²) in [4.78, 5) is 25.4. The van der Waals surface area contributed by atoms with Gasteiger partial charge in [-0.25, -0.2) is 0 Å². The largest absolute Gasteiger partial charge is 0.507 e. The Labute approximate surface area is 131 Å². The number of hydrogen-bond donors (Lipinski definition) is 2. The van der Waals surface area contributed by atoms with Crippen molar-refractivity contribution in [1.82, 2.24) is 0 Å². The summed E-state index contributed by atoms with van der Waals surface area (Å²) in [6, 6.07) is 4.25. The number of rotatable bonds is 2. The second kappa shape index (κ2) is 5.01. The first-order valence-electron chi connectivity index (χ1n) is 6.82. The Balaban J connectivity index is 2.36. The van der Waals surface area contributed by atoms with Crippen molar-refractivity contribution in [1.29, 1.82) is 0 Å². The standard InChI is InChI=1S/C17H14O6/c1-7-11(23-3)6-9-13(14(7)18)17(21)12-8(15(9)19)4-5-10(22-2)16(12)20/h4-6,18,20H,1-3H3. The van der Waals surface area contributed by atoms with E-state index >= 15 is 0 Å². The Kier molecular flexibility index (Phi) is 3.25. The van der Waals surface area contributed by atoms with Crippen LogP contribution in [0.3, 0.4) is 0 Å². The summed E-state index contributed by atoms with van der Waals surface area (Å²) in [7, 11) is 2.75. The van der Waals surface area contributed by atoms with Crippen LogP contribution in [0.5, 0.6) is 23.0 Å². The van der Waals surface area contributed by atoms with Crippen LogP contribution in [-0.2, 0) is 0 Å². The summed E-state index contributed by atoms with van der Waals surface area (Å²) in [6.45, 7) is 1.58. The number of benzene rings is 2. The van der Waals surface area contributed by atoms with Gasteiger partial charge in [0.25, 0.3) is 0 Å². The van der Waals surface area contributed by atoms with Crippen LogP contribution < -0.4 is 9.47 Å². The van der Waals surface area contributed by atoms with Crippen LogP contribution in [0.15, 0.2) is 18.2 Å². The highest BCUT2D eigenvalue weighted by Gasteiger charge is 2.36. The van der Waals surface area contributed by atoms with E-state index in [1.54, 1.807) is 6.92 Å². The summed E-state index contributed by atoms with van der Waals surface area (Å²) in [5.74, 6) is -1.45. The monoisotopic (exact) mass is 314 g/mol. The van der Waals surface area contributed by atoms with Crippen LogP contribution in [0.25, 0.3) is 0 Å². The third-order valence-corrected chi connectivity index (χ3v) is 4.03. The summed E-state index contributed by atoms with van der Waals surface area (Å²) in [6.07, 6.45) is 0. The maximum absolute atomic E-state index is 12.7. The van der Waals surface area contributed by atoms with Gasteiger partial charge in [-0.1, -0.05) is 0 Å². The van der Waals surface area contributed by atoms with E-state index in [1.165, 1.54) is 32.4 Å². The van der Waals surface area contributed by atoms with Crippen molar-refractivity contribution < 1.29 is 29.3 Å². The fourth-order valence-electron chi connectivity index (χ4n) is 2.79. The lowest BCUT2D eigenvalue weighted by atomic mass is 9.82. The topological polar surface area (TPSA) is 93.1 Å². The second-order valence-corrected chi connectivity index (χ2v) is 5.17. The molecule has 1 aliphatic rings. The molecule has 0 unspecified atom stereocenters. The van der Waals surface area contributed by atoms with Gasteiger partial charge in [-0.15, -0.1) is 0 Å². The van der Waals surface area contributed by atoms with Crippen LogP contribution in [-0.4, -0.2) is 36.0 Å². The molecule has 118 valence electrons. The van der Waals surface area contributed by atoms with Gasteiger partial charge in [0.1, 0.15) is 11.5 Å². The van der Waals surface area contributed by atoms with Crippen molar-refractivity contribution in [3.05, 3.63) is 46.0 Å². The number of phenols is 2. The summed E-state index contributed by atoms with van der Waals surface area (Å²) in [5.41, 5.74) is 0.155. The Hall–Kier alpha value is -3.02. The number of carbonyl (C=O) groups is 2. The van der Waals surface area contributed by atoms with E-state index in [0.29, 0.717) is 11.3 Å². The Morgan fingerprint density at radius 2 is 1.43 bits per heavy atom. The van der Waals surface area contributed by atoms with Gasteiger partial charge in [0.2, 0.25) is 5.78 Å². The molecule has 23 heavy (non-hydrogen) atoms. The predicted octanol–water partition coefficient (Wildman–Crippen LogP) is 2.20. The number of carbonyl (C=O) groups excluding carboxylic acids is 2. The molecule has 6 nitrogen and oxygen atoms in total. The zero-order chi connectivity index (χ0) is 16.9. The maximum atomic E-state index is 12.7. The van der Waals surface area contributed by atoms with Crippen molar-refractivity contribution in [2.24, 2.45) is 0 Å². The molecule has 0 saturated heterocycles. The molecule has 3 rings (SSSR count). The highest BCUT2D eigenvalue weighted by molar-refractivity contribution is 6.30. The first-order chi connectivity index (χ1) is 10.9. The van der Waals surface area contributed by atoms with Crippen LogP contribution in [0.1, 0.15) is 37.4 Å². The Morgan fingerprint density at radius 1 is 0.826 bits per heavy atom. The lowest BCUT2D eigenvalue weighted by Crippen LogP contribution is -2.22. The first-order valence-corrected chi connectivity index (χ1v) is 6.82. The number of aromatic hydroxyl groups is 2. The molecule has 1 aliphatic carbocycles. The van der Waals surface area contributed by atoms with Crippen molar-refractivity contribution in [2.75, 3.05) is 14.2 Å². The van der Waals surface area contributed by atoms with Crippen LogP contribution in [0.4, 0.5) is 0 Å². The van der Waals surface area contributed by atoms with Crippen molar-refractivity contribution in [3.63, 3.8) is 0 Å². The minimum absolute atomic E-state index is 0.0482. The van der Waals surface area contributed by atoms with Crippen molar-refractivity contribution in [2.45, 2.75) is 6.92 Å². The normalized spacial score (nSPS) is 12.7. The minimum Gasteiger partial charge on any atom is -0.507 e. The zero-order valence-electron chi connectivity index (χ0n) is 12.8. The molecule has 0 radical (unpaired) electrons. The molecule has 0 saturated carbocycles. The van der Waals surface area contributed by atoms with Crippen molar-refractivity contribution >= 4 is 11.6 Å². The quantitative estimate of drug-likeness (QED) is 0.753. The van der Waals surface area contributed by atoms with E-state index in [0.717, 1.165) is 0 Å². The van der Waals surface area contributed by atoms with Gasteiger partial charge in [0, 0.05) is 16.7 Å². The summed E-state index contributed by atoms with van der Waals surface area (Å²) in [5, 5.41) is 20.5. The number of ether oxygens (including phenoxy) is 2. The van der Waals surface area contributed by atoms with Crippen LogP contribution in [0.2, 0.25) is 0 Å². The molecule has 0 heterocycles. The molecule has 2 aromatic rings. The third-order valence-electron chi connectivity index (χ3n) is 4.03. The molecule has 0 bridgehead atoms. The summed E-state index contributed by atoms with van der Waals surface area (Å²) >= 11 is 0. The van der Waals surface area contributed by atoms with E-state index < -0.39 is 17.3 Å². The van der Waals surface area contributed by atoms with Crippen molar-refractivity contribution in [3.8, 4) is 23.0 Å². The van der Waals surface area contributed by atoms with Gasteiger partial charge in [-0.3, -0.25) is 9.59 Å². The van der Waals surface area contributed by atoms with Gasteiger partial charge >= 0.3 is 0 Å². The van der Waals surface area contributed by atoms with Gasteiger partial charge in [0.05, 0.1) is 25.3 Å². The number of fused-ring (bicyclic) bond motifs is 2. The number of hydrogen-bond acceptors (Lipinski definition) is 6. The van der Waals surface area contributed by atoms with E-state index in [4.69, 9.17) is 9.47 Å².